The molecule has 0 radical (unpaired) electrons. The van der Waals surface area contributed by atoms with Gasteiger partial charge < -0.3 is 5.11 Å². The fourth-order valence-corrected chi connectivity index (χ4v) is 11.2. The number of hydrogen-bond donors (Lipinski definition) is 1. The van der Waals surface area contributed by atoms with E-state index in [1.807, 2.05) is 38.1 Å². The van der Waals surface area contributed by atoms with Crippen molar-refractivity contribution in [2.45, 2.75) is 39.5 Å². The SMILES string of the molecule is Cc1ccc(N2C(=O)C3CC=C4C(CC5C(=O)N(c6cc(-c7sc8ccc(Cl)cc8c7C)nn6C)C(=O)C5(C)C4c4cc(Cl)ccc4O)C3C2=O)cc1Cl. The summed E-state index contributed by atoms with van der Waals surface area (Å²) in [5.41, 5.74) is 2.55. The minimum Gasteiger partial charge on any atom is -0.508 e. The average Bonchev–Trinajstić information content (AvgIpc) is 3.81. The number of fused-ring (bicyclic) bond motifs is 5. The first-order chi connectivity index (χ1) is 25.7. The maximum atomic E-state index is 15.1. The van der Waals surface area contributed by atoms with E-state index in [4.69, 9.17) is 39.9 Å². The first-order valence-electron chi connectivity index (χ1n) is 17.6. The Morgan fingerprint density at radius 2 is 1.61 bits per heavy atom. The lowest BCUT2D eigenvalue weighted by molar-refractivity contribution is -0.131. The van der Waals surface area contributed by atoms with Gasteiger partial charge in [0.2, 0.25) is 23.6 Å². The molecule has 0 spiro atoms. The topological polar surface area (TPSA) is 113 Å². The lowest BCUT2D eigenvalue weighted by Crippen LogP contribution is -2.49. The molecule has 9 nitrogen and oxygen atoms in total. The van der Waals surface area contributed by atoms with Gasteiger partial charge in [-0.1, -0.05) is 52.5 Å². The molecule has 4 amide bonds. The van der Waals surface area contributed by atoms with Crippen LogP contribution in [0.3, 0.4) is 0 Å². The van der Waals surface area contributed by atoms with Gasteiger partial charge in [-0.25, -0.2) is 9.80 Å². The zero-order valence-corrected chi connectivity index (χ0v) is 32.6. The first-order valence-corrected chi connectivity index (χ1v) is 19.6. The number of halogens is 3. The highest BCUT2D eigenvalue weighted by Crippen LogP contribution is 2.64. The van der Waals surface area contributed by atoms with Crippen molar-refractivity contribution in [1.29, 1.82) is 0 Å². The van der Waals surface area contributed by atoms with Crippen LogP contribution in [-0.2, 0) is 26.2 Å². The maximum Gasteiger partial charge on any atom is 0.242 e. The molecule has 2 aliphatic heterocycles. The van der Waals surface area contributed by atoms with Crippen molar-refractivity contribution in [2.24, 2.45) is 36.1 Å². The van der Waals surface area contributed by atoms with Crippen LogP contribution in [0.2, 0.25) is 15.1 Å². The standard InChI is InChI=1S/C41H33Cl3N4O5S/c1-18-5-8-22(15-29(18)44)47-37(50)24-10-9-23-26(34(24)39(47)52)16-28-38(51)48(40(53)41(28,3)35(23)27-14-20(42)6-11-31(27)49)33-17-30(45-46(33)4)36-19(2)25-13-21(43)7-12-32(25)54-36/h5-9,11-15,17,24,26,28,34-35,49H,10,16H2,1-4H3. The second-order valence-electron chi connectivity index (χ2n) is 15.0. The van der Waals surface area contributed by atoms with Gasteiger partial charge in [0, 0.05) is 44.4 Å². The van der Waals surface area contributed by atoms with Crippen LogP contribution in [0.4, 0.5) is 11.5 Å². The third kappa shape index (κ3) is 4.86. The summed E-state index contributed by atoms with van der Waals surface area (Å²) in [5, 5.41) is 18.6. The predicted octanol–water partition coefficient (Wildman–Crippen LogP) is 9.02. The summed E-state index contributed by atoms with van der Waals surface area (Å²) in [7, 11) is 1.70. The van der Waals surface area contributed by atoms with Crippen molar-refractivity contribution in [1.82, 2.24) is 9.78 Å². The lowest BCUT2D eigenvalue weighted by atomic mass is 9.51. The van der Waals surface area contributed by atoms with Crippen molar-refractivity contribution < 1.29 is 24.3 Å². The minimum absolute atomic E-state index is 0.0837. The van der Waals surface area contributed by atoms with E-state index in [0.29, 0.717) is 37.8 Å². The van der Waals surface area contributed by atoms with Crippen LogP contribution in [0.15, 0.2) is 72.3 Å². The summed E-state index contributed by atoms with van der Waals surface area (Å²) < 4.78 is 2.58. The summed E-state index contributed by atoms with van der Waals surface area (Å²) >= 11 is 20.8. The largest absolute Gasteiger partial charge is 0.508 e. The Hall–Kier alpha value is -4.48. The van der Waals surface area contributed by atoms with E-state index in [-0.39, 0.29) is 30.4 Å². The third-order valence-corrected chi connectivity index (χ3v) is 14.4. The molecular formula is C41H33Cl3N4O5S. The van der Waals surface area contributed by atoms with Gasteiger partial charge in [-0.2, -0.15) is 5.10 Å². The number of rotatable bonds is 4. The molecule has 4 heterocycles. The second-order valence-corrected chi connectivity index (χ2v) is 17.4. The Morgan fingerprint density at radius 1 is 0.870 bits per heavy atom. The Kier molecular flexibility index (Phi) is 8.00. The summed E-state index contributed by atoms with van der Waals surface area (Å²) in [6, 6.07) is 17.2. The molecule has 54 heavy (non-hydrogen) atoms. The molecule has 0 bridgehead atoms. The highest BCUT2D eigenvalue weighted by molar-refractivity contribution is 7.22. The molecule has 3 fully saturated rings. The molecule has 3 aromatic carbocycles. The summed E-state index contributed by atoms with van der Waals surface area (Å²) in [6.07, 6.45) is 2.35. The van der Waals surface area contributed by atoms with Crippen molar-refractivity contribution >= 4 is 91.4 Å². The smallest absolute Gasteiger partial charge is 0.242 e. The number of aromatic hydroxyl groups is 1. The van der Waals surface area contributed by atoms with Gasteiger partial charge in [0.15, 0.2) is 0 Å². The molecule has 13 heteroatoms. The van der Waals surface area contributed by atoms with Crippen LogP contribution < -0.4 is 9.80 Å². The molecule has 1 saturated carbocycles. The van der Waals surface area contributed by atoms with Crippen LogP contribution in [0.5, 0.6) is 5.75 Å². The number of phenols is 1. The Bertz CT molecular complexity index is 2560. The summed E-state index contributed by atoms with van der Waals surface area (Å²) in [5.74, 6) is -5.08. The zero-order chi connectivity index (χ0) is 38.1. The number of imide groups is 2. The number of benzene rings is 3. The van der Waals surface area contributed by atoms with E-state index in [9.17, 15) is 19.5 Å². The Labute approximate surface area is 329 Å². The second kappa shape index (κ2) is 12.3. The number of allylic oxidation sites excluding steroid dienone is 2. The van der Waals surface area contributed by atoms with Crippen LogP contribution >= 0.6 is 46.1 Å². The number of hydrogen-bond acceptors (Lipinski definition) is 7. The average molecular weight is 800 g/mol. The molecule has 6 unspecified atom stereocenters. The van der Waals surface area contributed by atoms with E-state index in [1.165, 1.54) is 15.9 Å². The molecule has 2 aliphatic carbocycles. The lowest BCUT2D eigenvalue weighted by Gasteiger charge is -2.49. The molecule has 274 valence electrons. The van der Waals surface area contributed by atoms with Gasteiger partial charge in [-0.05, 0) is 105 Å². The molecule has 2 aromatic heterocycles. The molecule has 4 aliphatic rings. The maximum absolute atomic E-state index is 15.1. The number of phenolic OH excluding ortho intramolecular Hbond substituents is 1. The first kappa shape index (κ1) is 35.2. The highest BCUT2D eigenvalue weighted by atomic mass is 35.5. The number of thiophene rings is 1. The number of nitrogens with zero attached hydrogens (tertiary/aromatic N) is 4. The van der Waals surface area contributed by atoms with E-state index in [0.717, 1.165) is 31.7 Å². The number of carbonyl (C=O) groups is 4. The molecule has 9 rings (SSSR count). The zero-order valence-electron chi connectivity index (χ0n) is 29.6. The molecular weight excluding hydrogens is 767 g/mol. The van der Waals surface area contributed by atoms with E-state index in [1.54, 1.807) is 66.4 Å². The van der Waals surface area contributed by atoms with E-state index in [2.05, 4.69) is 0 Å². The Morgan fingerprint density at radius 3 is 2.37 bits per heavy atom. The monoisotopic (exact) mass is 798 g/mol. The number of amides is 4. The third-order valence-electron chi connectivity index (χ3n) is 12.2. The normalized spacial score (nSPS) is 26.4. The van der Waals surface area contributed by atoms with Gasteiger partial charge in [-0.3, -0.25) is 23.9 Å². The number of anilines is 2. The van der Waals surface area contributed by atoms with Crippen LogP contribution in [0.1, 0.15) is 42.4 Å². The van der Waals surface area contributed by atoms with Crippen LogP contribution in [-0.4, -0.2) is 38.5 Å². The summed E-state index contributed by atoms with van der Waals surface area (Å²) in [6.45, 7) is 5.61. The minimum atomic E-state index is -1.38. The van der Waals surface area contributed by atoms with Crippen LogP contribution in [0.25, 0.3) is 20.7 Å². The van der Waals surface area contributed by atoms with E-state index >= 15 is 4.79 Å². The fraction of sp³-hybridized carbons (Fsp3) is 0.293. The molecule has 5 aromatic rings. The molecule has 1 N–H and O–H groups in total. The van der Waals surface area contributed by atoms with Gasteiger partial charge in [0.1, 0.15) is 17.3 Å². The highest BCUT2D eigenvalue weighted by Gasteiger charge is 2.68. The van der Waals surface area contributed by atoms with Crippen molar-refractivity contribution in [3.8, 4) is 16.3 Å². The molecule has 2 saturated heterocycles. The van der Waals surface area contributed by atoms with E-state index < -0.39 is 46.8 Å². The Balaban J connectivity index is 1.16. The molecule has 6 atom stereocenters. The van der Waals surface area contributed by atoms with Crippen molar-refractivity contribution in [3.05, 3.63) is 104 Å². The number of aryl methyl sites for hydroxylation is 3. The fourth-order valence-electron chi connectivity index (χ4n) is 9.52. The van der Waals surface area contributed by atoms with Crippen molar-refractivity contribution in [2.75, 3.05) is 9.80 Å². The van der Waals surface area contributed by atoms with Crippen LogP contribution in [0, 0.1) is 42.9 Å². The number of aromatic nitrogens is 2. The number of carbonyl (C=O) groups excluding carboxylic acids is 4. The quantitative estimate of drug-likeness (QED) is 0.144. The van der Waals surface area contributed by atoms with Gasteiger partial charge in [0.25, 0.3) is 0 Å². The summed E-state index contributed by atoms with van der Waals surface area (Å²) in [4.78, 5) is 61.7. The van der Waals surface area contributed by atoms with Gasteiger partial charge in [-0.15, -0.1) is 11.3 Å². The van der Waals surface area contributed by atoms with Gasteiger partial charge in [0.05, 0.1) is 33.7 Å². The predicted molar refractivity (Wildman–Crippen MR) is 210 cm³/mol. The van der Waals surface area contributed by atoms with Gasteiger partial charge >= 0.3 is 0 Å². The van der Waals surface area contributed by atoms with Crippen molar-refractivity contribution in [3.63, 3.8) is 0 Å².